The largest absolute Gasteiger partial charge is 0.370 e. The highest BCUT2D eigenvalue weighted by molar-refractivity contribution is 7.20. The number of hydrogen-bond donors (Lipinski definition) is 2. The number of amides is 2. The summed E-state index contributed by atoms with van der Waals surface area (Å²) in [5.41, 5.74) is 6.96. The number of carbonyl (C=O) groups excluding carboxylic acids is 2. The molecule has 2 heterocycles. The number of nitrogens with zero attached hydrogens (tertiary/aromatic N) is 2. The van der Waals surface area contributed by atoms with E-state index in [1.807, 2.05) is 13.8 Å². The average Bonchev–Trinajstić information content (AvgIpc) is 3.28. The molecule has 23 heavy (non-hydrogen) atoms. The predicted octanol–water partition coefficient (Wildman–Crippen LogP) is 2.18. The number of fused-ring (bicyclic) bond motifs is 1. The Morgan fingerprint density at radius 3 is 2.70 bits per heavy atom. The zero-order valence-corrected chi connectivity index (χ0v) is 14.1. The molecule has 1 aliphatic rings. The van der Waals surface area contributed by atoms with Gasteiger partial charge in [-0.15, -0.1) is 11.3 Å². The molecule has 1 aliphatic carbocycles. The third-order valence-corrected chi connectivity index (χ3v) is 5.21. The van der Waals surface area contributed by atoms with Gasteiger partial charge in [-0.3, -0.25) is 9.59 Å². The molecule has 0 unspecified atom stereocenters. The summed E-state index contributed by atoms with van der Waals surface area (Å²) >= 11 is 1.42. The Labute approximate surface area is 138 Å². The Hall–Kier alpha value is -2.02. The predicted molar refractivity (Wildman–Crippen MR) is 89.6 cm³/mol. The van der Waals surface area contributed by atoms with Crippen LogP contribution in [0.25, 0.3) is 10.2 Å². The highest BCUT2D eigenvalue weighted by atomic mass is 32.1. The van der Waals surface area contributed by atoms with Crippen LogP contribution in [0.2, 0.25) is 0 Å². The van der Waals surface area contributed by atoms with E-state index in [1.165, 1.54) is 11.3 Å². The van der Waals surface area contributed by atoms with Gasteiger partial charge in [0.05, 0.1) is 10.6 Å². The van der Waals surface area contributed by atoms with Gasteiger partial charge >= 0.3 is 0 Å². The van der Waals surface area contributed by atoms with Crippen molar-refractivity contribution < 1.29 is 9.59 Å². The van der Waals surface area contributed by atoms with Gasteiger partial charge in [-0.05, 0) is 38.7 Å². The summed E-state index contributed by atoms with van der Waals surface area (Å²) in [6.45, 7) is 4.35. The maximum absolute atomic E-state index is 12.4. The Morgan fingerprint density at radius 2 is 2.04 bits per heavy atom. The van der Waals surface area contributed by atoms with E-state index in [0.717, 1.165) is 40.1 Å². The van der Waals surface area contributed by atoms with Gasteiger partial charge in [0, 0.05) is 24.3 Å². The van der Waals surface area contributed by atoms with E-state index in [1.54, 1.807) is 0 Å². The fourth-order valence-electron chi connectivity index (χ4n) is 2.65. The first-order valence-corrected chi connectivity index (χ1v) is 8.63. The van der Waals surface area contributed by atoms with Gasteiger partial charge in [0.1, 0.15) is 10.7 Å². The molecule has 0 atom stereocenters. The van der Waals surface area contributed by atoms with Crippen LogP contribution < -0.4 is 11.1 Å². The maximum Gasteiger partial charge on any atom is 0.261 e. The minimum absolute atomic E-state index is 0.123. The molecule has 1 fully saturated rings. The number of aryl methyl sites for hydroxylation is 2. The van der Waals surface area contributed by atoms with E-state index < -0.39 is 0 Å². The van der Waals surface area contributed by atoms with Crippen LogP contribution in [0.3, 0.4) is 0 Å². The minimum atomic E-state index is -0.351. The lowest BCUT2D eigenvalue weighted by molar-refractivity contribution is -0.118. The second kappa shape index (κ2) is 6.23. The molecule has 1 saturated carbocycles. The third kappa shape index (κ3) is 3.34. The molecule has 2 aromatic heterocycles. The maximum atomic E-state index is 12.4. The highest BCUT2D eigenvalue weighted by Crippen LogP contribution is 2.40. The van der Waals surface area contributed by atoms with Crippen molar-refractivity contribution in [1.82, 2.24) is 15.3 Å². The molecular weight excluding hydrogens is 312 g/mol. The molecule has 3 rings (SSSR count). The van der Waals surface area contributed by atoms with Crippen LogP contribution in [-0.4, -0.2) is 28.3 Å². The number of primary amides is 1. The Balaban J connectivity index is 1.80. The fourth-order valence-corrected chi connectivity index (χ4v) is 3.80. The number of aromatic nitrogens is 2. The zero-order chi connectivity index (χ0) is 16.6. The number of carbonyl (C=O) groups is 2. The first-order valence-electron chi connectivity index (χ1n) is 7.81. The number of rotatable bonds is 6. The van der Waals surface area contributed by atoms with Crippen molar-refractivity contribution in [3.05, 3.63) is 22.0 Å². The van der Waals surface area contributed by atoms with Gasteiger partial charge in [-0.2, -0.15) is 0 Å². The third-order valence-electron chi connectivity index (χ3n) is 4.02. The van der Waals surface area contributed by atoms with E-state index in [4.69, 9.17) is 5.73 Å². The molecule has 0 spiro atoms. The van der Waals surface area contributed by atoms with Crippen molar-refractivity contribution in [3.8, 4) is 0 Å². The number of nitrogens with two attached hydrogens (primary N) is 1. The SMILES string of the molecule is Cc1nc(C2CC2)nc2sc(C(=O)NCCCC(N)=O)c(C)c12. The molecule has 0 aliphatic heterocycles. The molecule has 0 aromatic carbocycles. The molecule has 2 aromatic rings. The van der Waals surface area contributed by atoms with Gasteiger partial charge < -0.3 is 11.1 Å². The summed E-state index contributed by atoms with van der Waals surface area (Å²) in [6, 6.07) is 0. The molecule has 3 N–H and O–H groups in total. The first kappa shape index (κ1) is 15.9. The van der Waals surface area contributed by atoms with Crippen LogP contribution in [0.5, 0.6) is 0 Å². The molecule has 122 valence electrons. The van der Waals surface area contributed by atoms with Crippen LogP contribution in [-0.2, 0) is 4.79 Å². The lowest BCUT2D eigenvalue weighted by Gasteiger charge is -2.03. The normalized spacial score (nSPS) is 14.2. The van der Waals surface area contributed by atoms with Crippen molar-refractivity contribution in [1.29, 1.82) is 0 Å². The first-order chi connectivity index (χ1) is 11.0. The van der Waals surface area contributed by atoms with Gasteiger partial charge in [0.25, 0.3) is 5.91 Å². The average molecular weight is 332 g/mol. The van der Waals surface area contributed by atoms with Crippen molar-refractivity contribution in [3.63, 3.8) is 0 Å². The lowest BCUT2D eigenvalue weighted by Crippen LogP contribution is -2.25. The Bertz CT molecular complexity index is 780. The van der Waals surface area contributed by atoms with E-state index in [2.05, 4.69) is 15.3 Å². The number of nitrogens with one attached hydrogen (secondary N) is 1. The number of hydrogen-bond acceptors (Lipinski definition) is 5. The van der Waals surface area contributed by atoms with Gasteiger partial charge in [0.2, 0.25) is 5.91 Å². The standard InChI is InChI=1S/C16H20N4O2S/c1-8-12-9(2)19-14(10-5-6-10)20-16(12)23-13(8)15(22)18-7-3-4-11(17)21/h10H,3-7H2,1-2H3,(H2,17,21)(H,18,22). The van der Waals surface area contributed by atoms with Crippen molar-refractivity contribution >= 4 is 33.4 Å². The molecular formula is C16H20N4O2S. The Morgan fingerprint density at radius 1 is 1.30 bits per heavy atom. The van der Waals surface area contributed by atoms with Crippen molar-refractivity contribution in [2.75, 3.05) is 6.54 Å². The second-order valence-electron chi connectivity index (χ2n) is 6.00. The summed E-state index contributed by atoms with van der Waals surface area (Å²) in [6.07, 6.45) is 3.14. The van der Waals surface area contributed by atoms with E-state index in [0.29, 0.717) is 23.8 Å². The summed E-state index contributed by atoms with van der Waals surface area (Å²) in [5.74, 6) is 0.925. The molecule has 7 heteroatoms. The monoisotopic (exact) mass is 332 g/mol. The van der Waals surface area contributed by atoms with Crippen LogP contribution >= 0.6 is 11.3 Å². The van der Waals surface area contributed by atoms with Crippen LogP contribution in [0, 0.1) is 13.8 Å². The molecule has 0 radical (unpaired) electrons. The van der Waals surface area contributed by atoms with Crippen LogP contribution in [0.4, 0.5) is 0 Å². The summed E-state index contributed by atoms with van der Waals surface area (Å²) in [4.78, 5) is 33.9. The molecule has 6 nitrogen and oxygen atoms in total. The van der Waals surface area contributed by atoms with E-state index in [-0.39, 0.29) is 18.2 Å². The highest BCUT2D eigenvalue weighted by Gasteiger charge is 2.28. The quantitative estimate of drug-likeness (QED) is 0.792. The summed E-state index contributed by atoms with van der Waals surface area (Å²) in [5, 5.41) is 3.83. The van der Waals surface area contributed by atoms with Gasteiger partial charge in [-0.25, -0.2) is 9.97 Å². The number of thiophene rings is 1. The van der Waals surface area contributed by atoms with E-state index >= 15 is 0 Å². The molecule has 0 saturated heterocycles. The van der Waals surface area contributed by atoms with Crippen molar-refractivity contribution in [2.45, 2.75) is 45.4 Å². The Kier molecular flexibility index (Phi) is 4.30. The second-order valence-corrected chi connectivity index (χ2v) is 7.00. The summed E-state index contributed by atoms with van der Waals surface area (Å²) < 4.78 is 0. The van der Waals surface area contributed by atoms with Gasteiger partial charge in [0.15, 0.2) is 0 Å². The smallest absolute Gasteiger partial charge is 0.261 e. The van der Waals surface area contributed by atoms with Crippen LogP contribution in [0.1, 0.15) is 58.4 Å². The molecule has 0 bridgehead atoms. The fraction of sp³-hybridized carbons (Fsp3) is 0.500. The zero-order valence-electron chi connectivity index (χ0n) is 13.3. The summed E-state index contributed by atoms with van der Waals surface area (Å²) in [7, 11) is 0. The van der Waals surface area contributed by atoms with Gasteiger partial charge in [-0.1, -0.05) is 0 Å². The lowest BCUT2D eigenvalue weighted by atomic mass is 10.1. The van der Waals surface area contributed by atoms with Crippen molar-refractivity contribution in [2.24, 2.45) is 5.73 Å². The topological polar surface area (TPSA) is 98.0 Å². The van der Waals surface area contributed by atoms with E-state index in [9.17, 15) is 9.59 Å². The minimum Gasteiger partial charge on any atom is -0.370 e. The molecule has 2 amide bonds. The van der Waals surface area contributed by atoms with Crippen LogP contribution in [0.15, 0.2) is 0 Å².